The predicted molar refractivity (Wildman–Crippen MR) is 81.4 cm³/mol. The maximum absolute atomic E-state index is 12.2. The predicted octanol–water partition coefficient (Wildman–Crippen LogP) is 2.23. The lowest BCUT2D eigenvalue weighted by molar-refractivity contribution is 0.0158. The van der Waals surface area contributed by atoms with Crippen molar-refractivity contribution >= 4 is 11.9 Å². The van der Waals surface area contributed by atoms with Crippen LogP contribution in [0.3, 0.4) is 0 Å². The van der Waals surface area contributed by atoms with Crippen LogP contribution in [0.5, 0.6) is 0 Å². The van der Waals surface area contributed by atoms with Gasteiger partial charge in [-0.3, -0.25) is 4.98 Å². The molecule has 1 aromatic heterocycles. The minimum absolute atomic E-state index is 0.0787. The molecule has 2 heterocycles. The second-order valence-electron chi connectivity index (χ2n) is 6.43. The molecule has 1 fully saturated rings. The molecule has 0 bridgehead atoms. The summed E-state index contributed by atoms with van der Waals surface area (Å²) in [6, 6.07) is 0.0787. The molecule has 0 aromatic carbocycles. The number of piperazine rings is 1. The highest BCUT2D eigenvalue weighted by Gasteiger charge is 2.31. The fraction of sp³-hybridized carbons (Fsp3) is 0.667. The third-order valence-electron chi connectivity index (χ3n) is 3.41. The molecule has 116 valence electrons. The quantitative estimate of drug-likeness (QED) is 0.794. The van der Waals surface area contributed by atoms with Gasteiger partial charge in [-0.1, -0.05) is 0 Å². The van der Waals surface area contributed by atoms with E-state index in [2.05, 4.69) is 14.9 Å². The average Bonchev–Trinajstić information content (AvgIpc) is 2.37. The molecule has 1 saturated heterocycles. The zero-order valence-electron chi connectivity index (χ0n) is 13.5. The lowest BCUT2D eigenvalue weighted by Crippen LogP contribution is -2.55. The van der Waals surface area contributed by atoms with Crippen LogP contribution in [0.15, 0.2) is 12.4 Å². The van der Waals surface area contributed by atoms with Crippen molar-refractivity contribution in [1.29, 1.82) is 0 Å². The third-order valence-corrected chi connectivity index (χ3v) is 3.41. The van der Waals surface area contributed by atoms with Gasteiger partial charge >= 0.3 is 6.09 Å². The molecule has 6 nitrogen and oxygen atoms in total. The first kappa shape index (κ1) is 15.5. The molecule has 0 N–H and O–H groups in total. The van der Waals surface area contributed by atoms with Gasteiger partial charge in [-0.25, -0.2) is 9.78 Å². The monoisotopic (exact) mass is 292 g/mol. The summed E-state index contributed by atoms with van der Waals surface area (Å²) in [5.74, 6) is 0.896. The molecular weight excluding hydrogens is 268 g/mol. The molecule has 0 spiro atoms. The maximum atomic E-state index is 12.2. The first-order valence-electron chi connectivity index (χ1n) is 7.30. The van der Waals surface area contributed by atoms with E-state index in [1.807, 2.05) is 34.6 Å². The number of carbonyl (C=O) groups is 1. The first-order valence-corrected chi connectivity index (χ1v) is 7.30. The van der Waals surface area contributed by atoms with E-state index >= 15 is 0 Å². The summed E-state index contributed by atoms with van der Waals surface area (Å²) in [4.78, 5) is 24.8. The number of ether oxygens (including phenoxy) is 1. The Hall–Kier alpha value is -1.85. The molecule has 6 heteroatoms. The summed E-state index contributed by atoms with van der Waals surface area (Å²) in [5.41, 5.74) is 0.450. The molecule has 0 saturated carbocycles. The summed E-state index contributed by atoms with van der Waals surface area (Å²) in [6.45, 7) is 11.7. The van der Waals surface area contributed by atoms with E-state index in [9.17, 15) is 4.79 Å². The van der Waals surface area contributed by atoms with Crippen molar-refractivity contribution in [2.24, 2.45) is 0 Å². The highest BCUT2D eigenvalue weighted by molar-refractivity contribution is 5.69. The fourth-order valence-corrected chi connectivity index (χ4v) is 2.45. The molecule has 1 atom stereocenters. The van der Waals surface area contributed by atoms with Crippen molar-refractivity contribution in [2.45, 2.75) is 46.3 Å². The van der Waals surface area contributed by atoms with Crippen molar-refractivity contribution in [3.05, 3.63) is 18.1 Å². The Morgan fingerprint density at radius 3 is 2.52 bits per heavy atom. The minimum Gasteiger partial charge on any atom is -0.444 e. The number of nitrogens with zero attached hydrogens (tertiary/aromatic N) is 4. The van der Waals surface area contributed by atoms with Crippen molar-refractivity contribution in [1.82, 2.24) is 14.9 Å². The van der Waals surface area contributed by atoms with Crippen molar-refractivity contribution < 1.29 is 9.53 Å². The van der Waals surface area contributed by atoms with E-state index in [1.54, 1.807) is 17.3 Å². The van der Waals surface area contributed by atoms with Gasteiger partial charge in [0.05, 0.1) is 5.69 Å². The Morgan fingerprint density at radius 1 is 1.29 bits per heavy atom. The number of hydrogen-bond acceptors (Lipinski definition) is 5. The van der Waals surface area contributed by atoms with Crippen molar-refractivity contribution in [2.75, 3.05) is 24.5 Å². The van der Waals surface area contributed by atoms with E-state index in [1.165, 1.54) is 0 Å². The van der Waals surface area contributed by atoms with Crippen LogP contribution >= 0.6 is 0 Å². The summed E-state index contributed by atoms with van der Waals surface area (Å²) >= 11 is 0. The second-order valence-corrected chi connectivity index (χ2v) is 6.43. The van der Waals surface area contributed by atoms with Gasteiger partial charge in [0.1, 0.15) is 11.4 Å². The van der Waals surface area contributed by atoms with Gasteiger partial charge in [0.2, 0.25) is 0 Å². The smallest absolute Gasteiger partial charge is 0.410 e. The van der Waals surface area contributed by atoms with Crippen LogP contribution in [-0.4, -0.2) is 52.2 Å². The Bertz CT molecular complexity index is 513. The summed E-state index contributed by atoms with van der Waals surface area (Å²) in [7, 11) is 0. The highest BCUT2D eigenvalue weighted by atomic mass is 16.6. The zero-order valence-corrected chi connectivity index (χ0v) is 13.5. The maximum Gasteiger partial charge on any atom is 0.410 e. The molecule has 21 heavy (non-hydrogen) atoms. The first-order chi connectivity index (χ1) is 9.78. The summed E-state index contributed by atoms with van der Waals surface area (Å²) in [6.07, 6.45) is 3.15. The van der Waals surface area contributed by atoms with Crippen molar-refractivity contribution in [3.8, 4) is 0 Å². The van der Waals surface area contributed by atoms with Gasteiger partial charge in [0.25, 0.3) is 0 Å². The van der Waals surface area contributed by atoms with Gasteiger partial charge in [-0.2, -0.15) is 0 Å². The van der Waals surface area contributed by atoms with Gasteiger partial charge < -0.3 is 14.5 Å². The van der Waals surface area contributed by atoms with Gasteiger partial charge in [0, 0.05) is 38.1 Å². The van der Waals surface area contributed by atoms with Gasteiger partial charge in [-0.15, -0.1) is 0 Å². The van der Waals surface area contributed by atoms with Crippen LogP contribution in [0.2, 0.25) is 0 Å². The second kappa shape index (κ2) is 5.87. The molecular formula is C15H24N4O2. The van der Waals surface area contributed by atoms with E-state index < -0.39 is 5.60 Å². The van der Waals surface area contributed by atoms with Gasteiger partial charge in [-0.05, 0) is 34.6 Å². The van der Waals surface area contributed by atoms with E-state index in [0.29, 0.717) is 6.54 Å². The summed E-state index contributed by atoms with van der Waals surface area (Å²) in [5, 5.41) is 0. The number of anilines is 1. The molecule has 1 aliphatic heterocycles. The number of aryl methyl sites for hydroxylation is 1. The Kier molecular flexibility index (Phi) is 4.34. The largest absolute Gasteiger partial charge is 0.444 e. The Balaban J connectivity index is 2.03. The molecule has 0 aliphatic carbocycles. The van der Waals surface area contributed by atoms with Crippen molar-refractivity contribution in [3.63, 3.8) is 0 Å². The molecule has 1 aliphatic rings. The fourth-order valence-electron chi connectivity index (χ4n) is 2.45. The standard InChI is InChI=1S/C15H24N4O2/c1-11-10-18(13-12(2)16-6-7-17-13)8-9-19(11)14(20)21-15(3,4)5/h6-7,11H,8-10H2,1-5H3/t11-/m1/s1. The molecule has 2 rings (SSSR count). The SMILES string of the molecule is Cc1nccnc1N1CCN(C(=O)OC(C)(C)C)[C@H](C)C1. The molecule has 1 aromatic rings. The summed E-state index contributed by atoms with van der Waals surface area (Å²) < 4.78 is 5.45. The van der Waals surface area contributed by atoms with Gasteiger partial charge in [0.15, 0.2) is 0 Å². The number of carbonyl (C=O) groups excluding carboxylic acids is 1. The lowest BCUT2D eigenvalue weighted by Gasteiger charge is -2.40. The normalized spacial score (nSPS) is 19.6. The van der Waals surface area contributed by atoms with Crippen LogP contribution in [0.1, 0.15) is 33.4 Å². The zero-order chi connectivity index (χ0) is 15.6. The van der Waals surface area contributed by atoms with Crippen LogP contribution < -0.4 is 4.90 Å². The van der Waals surface area contributed by atoms with Crippen LogP contribution in [0.25, 0.3) is 0 Å². The number of aromatic nitrogens is 2. The number of hydrogen-bond donors (Lipinski definition) is 0. The minimum atomic E-state index is -0.463. The molecule has 0 radical (unpaired) electrons. The lowest BCUT2D eigenvalue weighted by atomic mass is 10.2. The number of rotatable bonds is 1. The van der Waals surface area contributed by atoms with Crippen LogP contribution in [0, 0.1) is 6.92 Å². The van der Waals surface area contributed by atoms with E-state index in [-0.39, 0.29) is 12.1 Å². The Morgan fingerprint density at radius 2 is 1.95 bits per heavy atom. The molecule has 1 amide bonds. The molecule has 0 unspecified atom stereocenters. The topological polar surface area (TPSA) is 58.6 Å². The third kappa shape index (κ3) is 3.83. The average molecular weight is 292 g/mol. The van der Waals surface area contributed by atoms with Crippen LogP contribution in [0.4, 0.5) is 10.6 Å². The van der Waals surface area contributed by atoms with Crippen LogP contribution in [-0.2, 0) is 4.74 Å². The number of amides is 1. The van der Waals surface area contributed by atoms with E-state index in [0.717, 1.165) is 24.6 Å². The highest BCUT2D eigenvalue weighted by Crippen LogP contribution is 2.20. The van der Waals surface area contributed by atoms with E-state index in [4.69, 9.17) is 4.74 Å². The Labute approximate surface area is 126 Å².